The van der Waals surface area contributed by atoms with E-state index in [-0.39, 0.29) is 17.5 Å². The lowest BCUT2D eigenvalue weighted by Gasteiger charge is -2.35. The second-order valence-corrected chi connectivity index (χ2v) is 8.91. The van der Waals surface area contributed by atoms with E-state index in [0.29, 0.717) is 29.7 Å². The Labute approximate surface area is 207 Å². The van der Waals surface area contributed by atoms with Crippen molar-refractivity contribution in [2.75, 3.05) is 6.54 Å². The molecule has 1 amide bonds. The third kappa shape index (κ3) is 5.04. The summed E-state index contributed by atoms with van der Waals surface area (Å²) < 4.78 is 1.61. The minimum Gasteiger partial charge on any atom is -0.332 e. The van der Waals surface area contributed by atoms with Crippen molar-refractivity contribution in [3.8, 4) is 0 Å². The molecule has 0 saturated carbocycles. The molecule has 180 valence electrons. The van der Waals surface area contributed by atoms with Gasteiger partial charge in [-0.2, -0.15) is 0 Å². The zero-order chi connectivity index (χ0) is 24.8. The van der Waals surface area contributed by atoms with E-state index in [0.717, 1.165) is 24.0 Å². The summed E-state index contributed by atoms with van der Waals surface area (Å²) in [5, 5.41) is 0.589. The molecule has 5 nitrogen and oxygen atoms in total. The van der Waals surface area contributed by atoms with Crippen molar-refractivity contribution < 1.29 is 4.79 Å². The van der Waals surface area contributed by atoms with Crippen molar-refractivity contribution in [1.29, 1.82) is 0 Å². The Bertz CT molecular complexity index is 1290. The number of fused-ring (bicyclic) bond motifs is 1. The predicted molar refractivity (Wildman–Crippen MR) is 141 cm³/mol. The van der Waals surface area contributed by atoms with Crippen molar-refractivity contribution in [3.63, 3.8) is 0 Å². The van der Waals surface area contributed by atoms with Crippen molar-refractivity contribution in [1.82, 2.24) is 14.5 Å². The summed E-state index contributed by atoms with van der Waals surface area (Å²) in [5.41, 5.74) is 2.49. The second-order valence-electron chi connectivity index (χ2n) is 8.91. The maximum Gasteiger partial charge on any atom is 0.261 e. The maximum atomic E-state index is 14.4. The molecule has 0 fully saturated rings. The van der Waals surface area contributed by atoms with Crippen LogP contribution in [0.5, 0.6) is 0 Å². The van der Waals surface area contributed by atoms with Crippen LogP contribution in [0.3, 0.4) is 0 Å². The van der Waals surface area contributed by atoms with E-state index >= 15 is 0 Å². The first-order valence-corrected chi connectivity index (χ1v) is 12.4. The zero-order valence-corrected chi connectivity index (χ0v) is 20.7. The molecule has 5 heteroatoms. The van der Waals surface area contributed by atoms with Gasteiger partial charge in [0.2, 0.25) is 5.91 Å². The number of aromatic nitrogens is 2. The average molecular weight is 468 g/mol. The minimum atomic E-state index is -0.430. The number of unbranched alkanes of at least 4 members (excludes halogenated alkanes) is 1. The Morgan fingerprint density at radius 3 is 2.03 bits per heavy atom. The number of rotatable bonds is 9. The van der Waals surface area contributed by atoms with Crippen LogP contribution in [-0.2, 0) is 11.8 Å². The summed E-state index contributed by atoms with van der Waals surface area (Å²) in [6, 6.07) is 27.0. The van der Waals surface area contributed by atoms with Crippen LogP contribution in [-0.4, -0.2) is 26.9 Å². The lowest BCUT2D eigenvalue weighted by Crippen LogP contribution is -2.41. The molecule has 4 rings (SSSR count). The molecule has 4 aromatic rings. The molecular weight excluding hydrogens is 434 g/mol. The third-order valence-corrected chi connectivity index (χ3v) is 6.63. The smallest absolute Gasteiger partial charge is 0.261 e. The van der Waals surface area contributed by atoms with Crippen LogP contribution >= 0.6 is 0 Å². The molecule has 0 radical (unpaired) electrons. The van der Waals surface area contributed by atoms with Crippen LogP contribution in [0, 0.1) is 0 Å². The first-order chi connectivity index (χ1) is 17.1. The molecule has 0 N–H and O–H groups in total. The normalized spacial score (nSPS) is 12.1. The van der Waals surface area contributed by atoms with Gasteiger partial charge in [-0.1, -0.05) is 93.1 Å². The minimum absolute atomic E-state index is 0.0325. The first-order valence-electron chi connectivity index (χ1n) is 12.4. The van der Waals surface area contributed by atoms with Gasteiger partial charge in [0, 0.05) is 13.6 Å². The highest BCUT2D eigenvalue weighted by Gasteiger charge is 2.33. The van der Waals surface area contributed by atoms with Gasteiger partial charge in [0.15, 0.2) is 0 Å². The Morgan fingerprint density at radius 1 is 0.886 bits per heavy atom. The number of para-hydroxylation sites is 1. The van der Waals surface area contributed by atoms with E-state index in [1.54, 1.807) is 17.7 Å². The van der Waals surface area contributed by atoms with E-state index in [9.17, 15) is 9.59 Å². The van der Waals surface area contributed by atoms with Gasteiger partial charge in [-0.25, -0.2) is 4.98 Å². The van der Waals surface area contributed by atoms with E-state index < -0.39 is 5.92 Å². The van der Waals surface area contributed by atoms with Crippen molar-refractivity contribution in [2.45, 2.75) is 45.1 Å². The highest BCUT2D eigenvalue weighted by Crippen LogP contribution is 2.32. The number of amides is 1. The summed E-state index contributed by atoms with van der Waals surface area (Å²) >= 11 is 0. The van der Waals surface area contributed by atoms with Gasteiger partial charge in [0.25, 0.3) is 5.56 Å². The van der Waals surface area contributed by atoms with Gasteiger partial charge in [0.05, 0.1) is 22.9 Å². The largest absolute Gasteiger partial charge is 0.332 e. The second kappa shape index (κ2) is 11.1. The van der Waals surface area contributed by atoms with Gasteiger partial charge < -0.3 is 4.90 Å². The van der Waals surface area contributed by atoms with Crippen LogP contribution < -0.4 is 5.56 Å². The number of hydrogen-bond donors (Lipinski definition) is 0. The molecule has 3 aromatic carbocycles. The quantitative estimate of drug-likeness (QED) is 0.310. The molecular formula is C30H33N3O2. The Balaban J connectivity index is 1.84. The highest BCUT2D eigenvalue weighted by atomic mass is 16.2. The van der Waals surface area contributed by atoms with Crippen molar-refractivity contribution >= 4 is 16.8 Å². The zero-order valence-electron chi connectivity index (χ0n) is 20.7. The number of carbonyl (C=O) groups is 1. The molecule has 0 aliphatic heterocycles. The molecule has 35 heavy (non-hydrogen) atoms. The Hall–Kier alpha value is -3.73. The van der Waals surface area contributed by atoms with E-state index in [1.807, 2.05) is 83.8 Å². The van der Waals surface area contributed by atoms with Crippen LogP contribution in [0.2, 0.25) is 0 Å². The van der Waals surface area contributed by atoms with E-state index in [4.69, 9.17) is 4.98 Å². The van der Waals surface area contributed by atoms with Gasteiger partial charge in [-0.15, -0.1) is 0 Å². The summed E-state index contributed by atoms with van der Waals surface area (Å²) in [4.78, 5) is 34.4. The van der Waals surface area contributed by atoms with Gasteiger partial charge in [0.1, 0.15) is 5.82 Å². The summed E-state index contributed by atoms with van der Waals surface area (Å²) in [6.45, 7) is 4.78. The number of nitrogens with zero attached hydrogens (tertiary/aromatic N) is 3. The van der Waals surface area contributed by atoms with Crippen molar-refractivity contribution in [3.05, 3.63) is 112 Å². The fraction of sp³-hybridized carbons (Fsp3) is 0.300. The fourth-order valence-corrected chi connectivity index (χ4v) is 4.76. The molecule has 1 atom stereocenters. The third-order valence-electron chi connectivity index (χ3n) is 6.63. The highest BCUT2D eigenvalue weighted by molar-refractivity contribution is 5.87. The molecule has 1 heterocycles. The Kier molecular flexibility index (Phi) is 7.76. The number of carbonyl (C=O) groups excluding carboxylic acids is 1. The summed E-state index contributed by atoms with van der Waals surface area (Å²) in [6.07, 6.45) is 2.50. The van der Waals surface area contributed by atoms with Crippen LogP contribution in [0.4, 0.5) is 0 Å². The van der Waals surface area contributed by atoms with Gasteiger partial charge >= 0.3 is 0 Å². The lowest BCUT2D eigenvalue weighted by molar-refractivity contribution is -0.134. The predicted octanol–water partition coefficient (Wildman–Crippen LogP) is 5.85. The lowest BCUT2D eigenvalue weighted by atomic mass is 9.89. The maximum absolute atomic E-state index is 14.4. The molecule has 1 unspecified atom stereocenters. The Morgan fingerprint density at radius 2 is 1.46 bits per heavy atom. The molecule has 0 spiro atoms. The van der Waals surface area contributed by atoms with Gasteiger partial charge in [-0.3, -0.25) is 14.2 Å². The van der Waals surface area contributed by atoms with Crippen molar-refractivity contribution in [2.24, 2.45) is 7.05 Å². The van der Waals surface area contributed by atoms with Gasteiger partial charge in [-0.05, 0) is 36.1 Å². The standard InChI is InChI=1S/C30H33N3O2/c1-4-6-21-33(26(5-2)28-31-25-20-14-13-19-24(25)29(34)32(28)3)30(35)27(22-15-9-7-10-16-22)23-17-11-8-12-18-23/h7-20,26-27H,4-6,21H2,1-3H3. The summed E-state index contributed by atoms with van der Waals surface area (Å²) in [7, 11) is 1.76. The number of benzene rings is 3. The molecule has 0 saturated heterocycles. The monoisotopic (exact) mass is 467 g/mol. The van der Waals surface area contributed by atoms with Crippen LogP contribution in [0.1, 0.15) is 62.0 Å². The number of hydrogen-bond acceptors (Lipinski definition) is 3. The van der Waals surface area contributed by atoms with E-state index in [2.05, 4.69) is 13.8 Å². The molecule has 0 aliphatic carbocycles. The topological polar surface area (TPSA) is 55.2 Å². The van der Waals surface area contributed by atoms with E-state index in [1.165, 1.54) is 0 Å². The first kappa shape index (κ1) is 24.4. The molecule has 1 aromatic heterocycles. The van der Waals surface area contributed by atoms with Crippen LogP contribution in [0.15, 0.2) is 89.7 Å². The SMILES string of the molecule is CCCCN(C(=O)C(c1ccccc1)c1ccccc1)C(CC)c1nc2ccccc2c(=O)n1C. The van der Waals surface area contributed by atoms with Crippen LogP contribution in [0.25, 0.3) is 10.9 Å². The molecule has 0 bridgehead atoms. The summed E-state index contributed by atoms with van der Waals surface area (Å²) in [5.74, 6) is 0.228. The molecule has 0 aliphatic rings. The fourth-order valence-electron chi connectivity index (χ4n) is 4.76. The average Bonchev–Trinajstić information content (AvgIpc) is 2.90.